The maximum absolute atomic E-state index is 12.2. The Morgan fingerprint density at radius 3 is 1.41 bits per heavy atom. The Labute approximate surface area is 166 Å². The average Bonchev–Trinajstić information content (AvgIpc) is 2.66. The van der Waals surface area contributed by atoms with Gasteiger partial charge in [-0.2, -0.15) is 0 Å². The van der Waals surface area contributed by atoms with Gasteiger partial charge in [-0.05, 0) is 29.8 Å². The normalized spacial score (nSPS) is 9.93. The summed E-state index contributed by atoms with van der Waals surface area (Å²) in [4.78, 5) is 47.0. The van der Waals surface area contributed by atoms with Gasteiger partial charge in [0, 0.05) is 5.57 Å². The zero-order valence-electron chi connectivity index (χ0n) is 15.2. The number of carbonyl (C=O) groups excluding carboxylic acids is 2. The molecule has 2 N–H and O–H groups in total. The van der Waals surface area contributed by atoms with Gasteiger partial charge in [0.2, 0.25) is 0 Å². The third-order valence-electron chi connectivity index (χ3n) is 3.68. The van der Waals surface area contributed by atoms with E-state index in [1.165, 1.54) is 24.3 Å². The predicted molar refractivity (Wildman–Crippen MR) is 100 cm³/mol. The Kier molecular flexibility index (Phi) is 7.67. The van der Waals surface area contributed by atoms with Crippen LogP contribution in [0.15, 0.2) is 71.8 Å². The number of carboxylic acid groups (broad SMARTS) is 2. The highest BCUT2D eigenvalue weighted by Gasteiger charge is 2.23. The SMILES string of the molecule is O=C(O)CC(C(=O)O)=C(CC(=O)Oc1ccccc1)CC(=O)Oc1ccccc1. The van der Waals surface area contributed by atoms with Crippen molar-refractivity contribution in [2.45, 2.75) is 19.3 Å². The van der Waals surface area contributed by atoms with E-state index in [1.807, 2.05) is 0 Å². The second kappa shape index (κ2) is 10.4. The number of carbonyl (C=O) groups is 4. The molecule has 0 amide bonds. The smallest absolute Gasteiger partial charge is 0.332 e. The summed E-state index contributed by atoms with van der Waals surface area (Å²) < 4.78 is 10.2. The van der Waals surface area contributed by atoms with E-state index < -0.39 is 48.7 Å². The van der Waals surface area contributed by atoms with Gasteiger partial charge in [0.05, 0.1) is 19.3 Å². The molecule has 0 radical (unpaired) electrons. The summed E-state index contributed by atoms with van der Waals surface area (Å²) in [5.41, 5.74) is -0.755. The van der Waals surface area contributed by atoms with Crippen molar-refractivity contribution < 1.29 is 38.9 Å². The molecule has 0 spiro atoms. The molecule has 150 valence electrons. The van der Waals surface area contributed by atoms with E-state index in [1.54, 1.807) is 36.4 Å². The molecule has 0 bridgehead atoms. The van der Waals surface area contributed by atoms with Crippen molar-refractivity contribution in [2.75, 3.05) is 0 Å². The minimum atomic E-state index is -1.54. The molecule has 0 heterocycles. The standard InChI is InChI=1S/C21H18O8/c22-18(23)13-17(21(26)27)14(11-19(24)28-15-7-3-1-4-8-15)12-20(25)29-16-9-5-2-6-10-16/h1-10H,11-13H2,(H,22,23)(H,26,27). The lowest BCUT2D eigenvalue weighted by atomic mass is 9.99. The highest BCUT2D eigenvalue weighted by Crippen LogP contribution is 2.21. The van der Waals surface area contributed by atoms with Crippen LogP contribution in [0, 0.1) is 0 Å². The Morgan fingerprint density at radius 2 is 1.07 bits per heavy atom. The first-order valence-electron chi connectivity index (χ1n) is 8.52. The van der Waals surface area contributed by atoms with Crippen molar-refractivity contribution in [3.05, 3.63) is 71.8 Å². The molecule has 0 aliphatic heterocycles. The third kappa shape index (κ3) is 7.30. The summed E-state index contributed by atoms with van der Waals surface area (Å²) in [6.07, 6.45) is -2.01. The van der Waals surface area contributed by atoms with Gasteiger partial charge in [-0.15, -0.1) is 0 Å². The van der Waals surface area contributed by atoms with Gasteiger partial charge in [-0.3, -0.25) is 14.4 Å². The van der Waals surface area contributed by atoms with Crippen LogP contribution >= 0.6 is 0 Å². The van der Waals surface area contributed by atoms with E-state index in [0.717, 1.165) is 0 Å². The van der Waals surface area contributed by atoms with E-state index in [2.05, 4.69) is 0 Å². The van der Waals surface area contributed by atoms with E-state index >= 15 is 0 Å². The number of rotatable bonds is 9. The largest absolute Gasteiger partial charge is 0.481 e. The minimum absolute atomic E-state index is 0.193. The summed E-state index contributed by atoms with van der Waals surface area (Å²) in [5, 5.41) is 18.4. The molecule has 2 rings (SSSR count). The Morgan fingerprint density at radius 1 is 0.655 bits per heavy atom. The zero-order valence-corrected chi connectivity index (χ0v) is 15.2. The van der Waals surface area contributed by atoms with E-state index in [0.29, 0.717) is 0 Å². The number of benzene rings is 2. The summed E-state index contributed by atoms with van der Waals surface area (Å²) in [7, 11) is 0. The van der Waals surface area contributed by atoms with Crippen LogP contribution in [0.2, 0.25) is 0 Å². The van der Waals surface area contributed by atoms with Gasteiger partial charge >= 0.3 is 23.9 Å². The number of aliphatic carboxylic acids is 2. The van der Waals surface area contributed by atoms with Crippen LogP contribution in [-0.2, 0) is 19.2 Å². The van der Waals surface area contributed by atoms with Gasteiger partial charge in [0.1, 0.15) is 11.5 Å². The molecule has 2 aromatic rings. The molecule has 0 atom stereocenters. The molecular weight excluding hydrogens is 380 g/mol. The summed E-state index contributed by atoms with van der Waals surface area (Å²) in [5.74, 6) is -4.14. The molecule has 0 unspecified atom stereocenters. The van der Waals surface area contributed by atoms with Crippen molar-refractivity contribution in [1.29, 1.82) is 0 Å². The Hall–Kier alpha value is -3.94. The first-order valence-corrected chi connectivity index (χ1v) is 8.52. The van der Waals surface area contributed by atoms with Crippen molar-refractivity contribution in [3.63, 3.8) is 0 Å². The highest BCUT2D eigenvalue weighted by atomic mass is 16.5. The Balaban J connectivity index is 2.22. The monoisotopic (exact) mass is 398 g/mol. The molecule has 8 nitrogen and oxygen atoms in total. The number of hydrogen-bond donors (Lipinski definition) is 2. The van der Waals surface area contributed by atoms with Gasteiger partial charge in [0.25, 0.3) is 0 Å². The lowest BCUT2D eigenvalue weighted by Gasteiger charge is -2.12. The van der Waals surface area contributed by atoms with Crippen molar-refractivity contribution in [1.82, 2.24) is 0 Å². The van der Waals surface area contributed by atoms with Crippen LogP contribution in [0.1, 0.15) is 19.3 Å². The van der Waals surface area contributed by atoms with Crippen LogP contribution in [-0.4, -0.2) is 34.1 Å². The number of carboxylic acids is 2. The van der Waals surface area contributed by atoms with Crippen LogP contribution in [0.25, 0.3) is 0 Å². The first-order chi connectivity index (χ1) is 13.8. The topological polar surface area (TPSA) is 127 Å². The number of hydrogen-bond acceptors (Lipinski definition) is 6. The van der Waals surface area contributed by atoms with Crippen LogP contribution in [0.4, 0.5) is 0 Å². The van der Waals surface area contributed by atoms with Gasteiger partial charge < -0.3 is 19.7 Å². The van der Waals surface area contributed by atoms with Crippen molar-refractivity contribution in [3.8, 4) is 11.5 Å². The predicted octanol–water partition coefficient (Wildman–Crippen LogP) is 2.83. The molecule has 29 heavy (non-hydrogen) atoms. The van der Waals surface area contributed by atoms with Gasteiger partial charge in [-0.25, -0.2) is 4.79 Å². The van der Waals surface area contributed by atoms with Crippen LogP contribution in [0.3, 0.4) is 0 Å². The average molecular weight is 398 g/mol. The quantitative estimate of drug-likeness (QED) is 0.375. The molecular formula is C21H18O8. The number of ether oxygens (including phenoxy) is 2. The first kappa shape index (κ1) is 21.4. The fourth-order valence-electron chi connectivity index (χ4n) is 2.44. The molecule has 0 aliphatic rings. The summed E-state index contributed by atoms with van der Waals surface area (Å²) >= 11 is 0. The third-order valence-corrected chi connectivity index (χ3v) is 3.68. The van der Waals surface area contributed by atoms with Crippen molar-refractivity contribution in [2.24, 2.45) is 0 Å². The lowest BCUT2D eigenvalue weighted by Crippen LogP contribution is -2.18. The van der Waals surface area contributed by atoms with E-state index in [9.17, 15) is 24.3 Å². The number of esters is 2. The number of para-hydroxylation sites is 2. The molecule has 2 aromatic carbocycles. The fraction of sp³-hybridized carbons (Fsp3) is 0.143. The van der Waals surface area contributed by atoms with Gasteiger partial charge in [-0.1, -0.05) is 36.4 Å². The maximum atomic E-state index is 12.2. The maximum Gasteiger partial charge on any atom is 0.332 e. The second-order valence-corrected chi connectivity index (χ2v) is 5.89. The highest BCUT2D eigenvalue weighted by molar-refractivity contribution is 5.95. The van der Waals surface area contributed by atoms with E-state index in [4.69, 9.17) is 14.6 Å². The summed E-state index contributed by atoms with van der Waals surface area (Å²) in [6.45, 7) is 0. The molecule has 8 heteroatoms. The molecule has 0 saturated carbocycles. The molecule has 0 fully saturated rings. The minimum Gasteiger partial charge on any atom is -0.481 e. The lowest BCUT2D eigenvalue weighted by molar-refractivity contribution is -0.140. The van der Waals surface area contributed by atoms with E-state index in [-0.39, 0.29) is 17.1 Å². The zero-order chi connectivity index (χ0) is 21.2. The molecule has 0 aliphatic carbocycles. The molecule has 0 aromatic heterocycles. The van der Waals surface area contributed by atoms with Crippen molar-refractivity contribution >= 4 is 23.9 Å². The fourth-order valence-corrected chi connectivity index (χ4v) is 2.44. The van der Waals surface area contributed by atoms with Crippen LogP contribution < -0.4 is 9.47 Å². The Bertz CT molecular complexity index is 859. The van der Waals surface area contributed by atoms with Crippen LogP contribution in [0.5, 0.6) is 11.5 Å². The second-order valence-electron chi connectivity index (χ2n) is 5.89. The molecule has 0 saturated heterocycles. The summed E-state index contributed by atoms with van der Waals surface area (Å²) in [6, 6.07) is 16.1. The van der Waals surface area contributed by atoms with Gasteiger partial charge in [0.15, 0.2) is 0 Å².